The molecule has 4 aliphatic rings. The average molecular weight is 991 g/mol. The summed E-state index contributed by atoms with van der Waals surface area (Å²) in [6.07, 6.45) is -8.93. The number of aliphatic hydroxyl groups is 4. The van der Waals surface area contributed by atoms with Crippen LogP contribution in [0.3, 0.4) is 0 Å². The van der Waals surface area contributed by atoms with Crippen molar-refractivity contribution in [1.29, 1.82) is 0 Å². The summed E-state index contributed by atoms with van der Waals surface area (Å²) in [5, 5.41) is 49.3. The second-order valence-electron chi connectivity index (χ2n) is 17.8. The SMILES string of the molecule is COC(=O)CC[C@@H]1NC(=O)[C@@H](C)NC(=O)[C@@H]2Cc3ccc(O[C@@H]4O[C@H](CO)[C@@H](O)[C@H](O)[C@H]4O)c(c3)Oc3ccc(cc3)C[C@@H](C(=O)N2C)N(C)C(=O)[C@H](C)NC(=O)[C@H](Cc2ccc(OC)cc2)N(C)C1=O. The number of nitrogens with zero attached hydrogens (tertiary/aromatic N) is 3. The molecule has 22 heteroatoms. The summed E-state index contributed by atoms with van der Waals surface area (Å²) in [7, 11) is 6.79. The quantitative estimate of drug-likeness (QED) is 0.126. The van der Waals surface area contributed by atoms with E-state index in [1.54, 1.807) is 48.5 Å². The first-order valence-corrected chi connectivity index (χ1v) is 23.0. The zero-order valence-corrected chi connectivity index (χ0v) is 40.5. The van der Waals surface area contributed by atoms with Gasteiger partial charge in [0.1, 0.15) is 72.2 Å². The molecule has 11 atom stereocenters. The number of hydrogen-bond acceptors (Lipinski definition) is 16. The van der Waals surface area contributed by atoms with Gasteiger partial charge in [-0.05, 0) is 73.4 Å². The lowest BCUT2D eigenvalue weighted by Gasteiger charge is -2.39. The predicted molar refractivity (Wildman–Crippen MR) is 250 cm³/mol. The average Bonchev–Trinajstić information content (AvgIpc) is 3.36. The van der Waals surface area contributed by atoms with Crippen molar-refractivity contribution in [3.63, 3.8) is 0 Å². The molecule has 4 heterocycles. The smallest absolute Gasteiger partial charge is 0.305 e. The van der Waals surface area contributed by atoms with E-state index in [2.05, 4.69) is 16.0 Å². The second kappa shape index (κ2) is 23.4. The van der Waals surface area contributed by atoms with E-state index in [1.165, 1.54) is 65.2 Å². The number of aliphatic hydroxyl groups excluding tert-OH is 4. The molecule has 6 bridgehead atoms. The van der Waals surface area contributed by atoms with Gasteiger partial charge in [-0.25, -0.2) is 0 Å². The molecule has 4 aliphatic heterocycles. The van der Waals surface area contributed by atoms with Crippen molar-refractivity contribution in [3.8, 4) is 23.0 Å². The van der Waals surface area contributed by atoms with E-state index in [4.69, 9.17) is 23.7 Å². The highest BCUT2D eigenvalue weighted by atomic mass is 16.7. The van der Waals surface area contributed by atoms with E-state index in [0.717, 1.165) is 16.9 Å². The molecule has 71 heavy (non-hydrogen) atoms. The first-order valence-electron chi connectivity index (χ1n) is 23.0. The summed E-state index contributed by atoms with van der Waals surface area (Å²) in [6, 6.07) is 9.76. The normalized spacial score (nSPS) is 28.2. The highest BCUT2D eigenvalue weighted by Crippen LogP contribution is 2.36. The number of methoxy groups -OCH3 is 2. The molecule has 3 aromatic carbocycles. The van der Waals surface area contributed by atoms with Gasteiger partial charge in [0.15, 0.2) is 11.5 Å². The zero-order chi connectivity index (χ0) is 51.8. The number of hydrogen-bond donors (Lipinski definition) is 7. The number of amides is 6. The molecule has 0 spiro atoms. The Hall–Kier alpha value is -6.85. The van der Waals surface area contributed by atoms with Crippen molar-refractivity contribution < 1.29 is 77.7 Å². The lowest BCUT2D eigenvalue weighted by Crippen LogP contribution is -2.62. The van der Waals surface area contributed by atoms with E-state index in [-0.39, 0.29) is 49.4 Å². The molecule has 0 unspecified atom stereocenters. The van der Waals surface area contributed by atoms with E-state index >= 15 is 0 Å². The summed E-state index contributed by atoms with van der Waals surface area (Å²) in [6.45, 7) is 2.09. The summed E-state index contributed by atoms with van der Waals surface area (Å²) in [5.74, 6) is -4.36. The topological polar surface area (TPSA) is 292 Å². The first-order chi connectivity index (χ1) is 33.7. The zero-order valence-electron chi connectivity index (χ0n) is 40.5. The molecule has 22 nitrogen and oxygen atoms in total. The Balaban J connectivity index is 1.41. The fourth-order valence-corrected chi connectivity index (χ4v) is 8.51. The number of carbonyl (C=O) groups excluding carboxylic acids is 7. The van der Waals surface area contributed by atoms with Gasteiger partial charge in [-0.2, -0.15) is 0 Å². The number of nitrogens with one attached hydrogen (secondary N) is 3. The molecule has 2 saturated heterocycles. The number of carbonyl (C=O) groups is 7. The number of likely N-dealkylation sites (N-methyl/N-ethyl adjacent to an activating group) is 3. The van der Waals surface area contributed by atoms with Crippen LogP contribution in [0.1, 0.15) is 43.4 Å². The molecule has 384 valence electrons. The number of benzene rings is 3. The lowest BCUT2D eigenvalue weighted by atomic mass is 9.98. The van der Waals surface area contributed by atoms with Crippen LogP contribution in [-0.2, 0) is 62.3 Å². The van der Waals surface area contributed by atoms with Gasteiger partial charge < -0.3 is 74.8 Å². The van der Waals surface area contributed by atoms with Crippen molar-refractivity contribution in [2.75, 3.05) is 42.0 Å². The molecule has 6 amide bonds. The predicted octanol–water partition coefficient (Wildman–Crippen LogP) is -1.05. The summed E-state index contributed by atoms with van der Waals surface area (Å²) >= 11 is 0. The maximum absolute atomic E-state index is 15.0. The van der Waals surface area contributed by atoms with Crippen LogP contribution in [0.4, 0.5) is 0 Å². The van der Waals surface area contributed by atoms with Gasteiger partial charge in [-0.3, -0.25) is 33.6 Å². The molecule has 3 aromatic rings. The van der Waals surface area contributed by atoms with Crippen LogP contribution >= 0.6 is 0 Å². The Kier molecular flexibility index (Phi) is 17.6. The van der Waals surface area contributed by atoms with Crippen LogP contribution < -0.4 is 30.2 Å². The molecule has 0 aliphatic carbocycles. The van der Waals surface area contributed by atoms with Crippen LogP contribution in [0.5, 0.6) is 23.0 Å². The third kappa shape index (κ3) is 12.6. The van der Waals surface area contributed by atoms with Gasteiger partial charge in [0.2, 0.25) is 41.7 Å². The number of rotatable bonds is 9. The van der Waals surface area contributed by atoms with Crippen LogP contribution in [0.15, 0.2) is 66.7 Å². The maximum Gasteiger partial charge on any atom is 0.305 e. The Morgan fingerprint density at radius 3 is 1.99 bits per heavy atom. The van der Waals surface area contributed by atoms with Gasteiger partial charge in [-0.1, -0.05) is 30.3 Å². The minimum absolute atomic E-state index is 0.0199. The molecule has 0 aromatic heterocycles. The van der Waals surface area contributed by atoms with Crippen LogP contribution in [0.2, 0.25) is 0 Å². The maximum atomic E-state index is 15.0. The van der Waals surface area contributed by atoms with Crippen molar-refractivity contribution in [2.24, 2.45) is 0 Å². The lowest BCUT2D eigenvalue weighted by molar-refractivity contribution is -0.277. The van der Waals surface area contributed by atoms with Crippen molar-refractivity contribution >= 4 is 41.4 Å². The Morgan fingerprint density at radius 1 is 0.704 bits per heavy atom. The number of esters is 1. The third-order valence-electron chi connectivity index (χ3n) is 13.0. The molecule has 7 N–H and O–H groups in total. The van der Waals surface area contributed by atoms with Crippen LogP contribution in [0.25, 0.3) is 0 Å². The van der Waals surface area contributed by atoms with E-state index in [0.29, 0.717) is 22.4 Å². The van der Waals surface area contributed by atoms with Gasteiger partial charge in [0.05, 0.1) is 20.8 Å². The summed E-state index contributed by atoms with van der Waals surface area (Å²) in [4.78, 5) is 103. The van der Waals surface area contributed by atoms with Crippen molar-refractivity contribution in [3.05, 3.63) is 83.4 Å². The highest BCUT2D eigenvalue weighted by Gasteiger charge is 2.45. The summed E-state index contributed by atoms with van der Waals surface area (Å²) < 4.78 is 27.9. The molecule has 0 saturated carbocycles. The van der Waals surface area contributed by atoms with Crippen molar-refractivity contribution in [1.82, 2.24) is 30.7 Å². The largest absolute Gasteiger partial charge is 0.497 e. The molecule has 7 rings (SSSR count). The molecule has 2 fully saturated rings. The first kappa shape index (κ1) is 53.5. The Morgan fingerprint density at radius 2 is 1.34 bits per heavy atom. The van der Waals surface area contributed by atoms with Gasteiger partial charge >= 0.3 is 5.97 Å². The van der Waals surface area contributed by atoms with Gasteiger partial charge in [-0.15, -0.1) is 0 Å². The van der Waals surface area contributed by atoms with Crippen LogP contribution in [-0.4, -0.2) is 185 Å². The number of ether oxygens (including phenoxy) is 5. The van der Waals surface area contributed by atoms with Gasteiger partial charge in [0.25, 0.3) is 0 Å². The summed E-state index contributed by atoms with van der Waals surface area (Å²) in [5.41, 5.74) is 1.55. The van der Waals surface area contributed by atoms with Crippen molar-refractivity contribution in [2.45, 2.75) is 113 Å². The number of fused-ring (bicyclic) bond motifs is 2. The highest BCUT2D eigenvalue weighted by molar-refractivity contribution is 5.98. The van der Waals surface area contributed by atoms with E-state index in [1.807, 2.05) is 0 Å². The molecule has 0 radical (unpaired) electrons. The minimum Gasteiger partial charge on any atom is -0.497 e. The fourth-order valence-electron chi connectivity index (χ4n) is 8.51. The molecular weight excluding hydrogens is 929 g/mol. The monoisotopic (exact) mass is 990 g/mol. The second-order valence-corrected chi connectivity index (χ2v) is 17.8. The van der Waals surface area contributed by atoms with Crippen LogP contribution in [0, 0.1) is 0 Å². The van der Waals surface area contributed by atoms with Gasteiger partial charge in [0, 0.05) is 46.8 Å². The standard InChI is InChI=1S/C49H62N6O16/c1-25-43(61)52-32(17-19-39(57)68-7)47(65)53(3)33(20-27-8-13-30(67-6)14-9-27)45(63)51-26(2)46(64)55(5)35-21-28-10-15-31(16-11-28)69-37-23-29(22-34(44(62)50-25)54(4)48(35)66)12-18-36(37)70-49-42(60)41(59)40(58)38(24-56)71-49/h8-16,18,23,25-26,32-35,38,40-42,49,56,58-60H,17,19-22,24H2,1-7H3,(H,50,62)(H,51,63)(H,52,61)/t25-,26+,32+,33+,34+,35+,38-,40-,41+,42-,49-/m1/s1. The minimum atomic E-state index is -1.76. The molecular formula is C49H62N6O16. The Labute approximate surface area is 410 Å². The van der Waals surface area contributed by atoms with E-state index in [9.17, 15) is 54.0 Å². The Bertz CT molecular complexity index is 2420. The van der Waals surface area contributed by atoms with E-state index < -0.39 is 115 Å². The fraction of sp³-hybridized carbons (Fsp3) is 0.490. The third-order valence-corrected chi connectivity index (χ3v) is 13.0.